The Hall–Kier alpha value is -2.30. The van der Waals surface area contributed by atoms with E-state index in [4.69, 9.17) is 23.2 Å². The van der Waals surface area contributed by atoms with E-state index in [1.165, 1.54) is 18.3 Å². The van der Waals surface area contributed by atoms with E-state index < -0.39 is 5.97 Å². The molecule has 0 atom stereocenters. The van der Waals surface area contributed by atoms with Crippen LogP contribution in [0.2, 0.25) is 5.02 Å². The second-order valence-electron chi connectivity index (χ2n) is 4.29. The van der Waals surface area contributed by atoms with Crippen molar-refractivity contribution in [2.75, 3.05) is 5.43 Å². The first kappa shape index (κ1) is 16.1. The van der Waals surface area contributed by atoms with Gasteiger partial charge in [0.1, 0.15) is 0 Å². The highest BCUT2D eigenvalue weighted by molar-refractivity contribution is 6.41. The molecule has 4 nitrogen and oxygen atoms in total. The summed E-state index contributed by atoms with van der Waals surface area (Å²) in [6.45, 7) is 0. The maximum atomic E-state index is 10.9. The molecule has 0 heterocycles. The van der Waals surface area contributed by atoms with Crippen LogP contribution in [0.25, 0.3) is 6.08 Å². The molecule has 0 aliphatic heterocycles. The number of anilines is 1. The van der Waals surface area contributed by atoms with Crippen molar-refractivity contribution in [1.29, 1.82) is 0 Å². The number of rotatable bonds is 5. The Labute approximate surface area is 137 Å². The number of carboxylic acids is 1. The van der Waals surface area contributed by atoms with Crippen LogP contribution in [0.1, 0.15) is 15.9 Å². The van der Waals surface area contributed by atoms with Crippen LogP contribution in [0, 0.1) is 0 Å². The standard InChI is InChI=1S/C16H12Cl2N2O2/c17-12(8-11-4-2-1-3-5-11)10-19-20-13-6-7-15(18)14(9-13)16(21)22/h1-10,20H,(H,21,22)/p-1/b12-8-,19-10-. The summed E-state index contributed by atoms with van der Waals surface area (Å²) in [5.74, 6) is -1.35. The lowest BCUT2D eigenvalue weighted by molar-refractivity contribution is -0.255. The van der Waals surface area contributed by atoms with Gasteiger partial charge in [-0.05, 0) is 29.8 Å². The molecule has 0 bridgehead atoms. The fourth-order valence-electron chi connectivity index (χ4n) is 1.67. The van der Waals surface area contributed by atoms with E-state index in [0.29, 0.717) is 10.7 Å². The van der Waals surface area contributed by atoms with Crippen molar-refractivity contribution in [3.05, 3.63) is 69.7 Å². The van der Waals surface area contributed by atoms with E-state index in [9.17, 15) is 9.90 Å². The zero-order chi connectivity index (χ0) is 15.9. The number of hydrogen-bond acceptors (Lipinski definition) is 4. The monoisotopic (exact) mass is 333 g/mol. The zero-order valence-corrected chi connectivity index (χ0v) is 12.8. The van der Waals surface area contributed by atoms with Crippen LogP contribution in [-0.2, 0) is 0 Å². The van der Waals surface area contributed by atoms with E-state index in [-0.39, 0.29) is 10.6 Å². The van der Waals surface area contributed by atoms with Crippen LogP contribution in [0.5, 0.6) is 0 Å². The van der Waals surface area contributed by atoms with Crippen LogP contribution >= 0.6 is 23.2 Å². The van der Waals surface area contributed by atoms with Crippen molar-refractivity contribution in [3.8, 4) is 0 Å². The Balaban J connectivity index is 2.05. The summed E-state index contributed by atoms with van der Waals surface area (Å²) in [7, 11) is 0. The van der Waals surface area contributed by atoms with Crippen LogP contribution in [0.15, 0.2) is 58.7 Å². The maximum Gasteiger partial charge on any atom is 0.0731 e. The van der Waals surface area contributed by atoms with Crippen molar-refractivity contribution in [3.63, 3.8) is 0 Å². The fraction of sp³-hybridized carbons (Fsp3) is 0. The number of nitrogens with one attached hydrogen (secondary N) is 1. The van der Waals surface area contributed by atoms with Crippen LogP contribution in [-0.4, -0.2) is 12.2 Å². The lowest BCUT2D eigenvalue weighted by Gasteiger charge is -2.07. The third-order valence-electron chi connectivity index (χ3n) is 2.67. The maximum absolute atomic E-state index is 10.9. The SMILES string of the molecule is O=C([O-])c1cc(N/N=C\C(Cl)=C\c2ccccc2)ccc1Cl. The van der Waals surface area contributed by atoms with Crippen molar-refractivity contribution in [2.24, 2.45) is 5.10 Å². The number of hydrazone groups is 1. The molecule has 112 valence electrons. The van der Waals surface area contributed by atoms with Crippen LogP contribution in [0.4, 0.5) is 5.69 Å². The molecule has 0 saturated heterocycles. The third-order valence-corrected chi connectivity index (χ3v) is 3.21. The second-order valence-corrected chi connectivity index (χ2v) is 5.14. The van der Waals surface area contributed by atoms with Gasteiger partial charge in [0.2, 0.25) is 0 Å². The van der Waals surface area contributed by atoms with E-state index in [1.807, 2.05) is 30.3 Å². The normalized spacial score (nSPS) is 11.6. The first-order chi connectivity index (χ1) is 10.6. The molecule has 0 spiro atoms. The minimum absolute atomic E-state index is 0.104. The molecule has 1 N–H and O–H groups in total. The smallest absolute Gasteiger partial charge is 0.0731 e. The van der Waals surface area contributed by atoms with Gasteiger partial charge in [0.25, 0.3) is 0 Å². The number of carbonyl (C=O) groups excluding carboxylic acids is 1. The highest BCUT2D eigenvalue weighted by Crippen LogP contribution is 2.20. The number of nitrogens with zero attached hydrogens (tertiary/aromatic N) is 1. The molecule has 0 amide bonds. The molecule has 0 radical (unpaired) electrons. The summed E-state index contributed by atoms with van der Waals surface area (Å²) in [4.78, 5) is 10.9. The van der Waals surface area contributed by atoms with Gasteiger partial charge in [0, 0.05) is 10.6 Å². The van der Waals surface area contributed by atoms with Crippen molar-refractivity contribution in [2.45, 2.75) is 0 Å². The third kappa shape index (κ3) is 4.62. The van der Waals surface area contributed by atoms with Gasteiger partial charge in [0.15, 0.2) is 0 Å². The zero-order valence-electron chi connectivity index (χ0n) is 11.3. The van der Waals surface area contributed by atoms with E-state index in [1.54, 1.807) is 12.1 Å². The average molecular weight is 334 g/mol. The molecule has 6 heteroatoms. The van der Waals surface area contributed by atoms with Crippen molar-refractivity contribution >= 4 is 47.1 Å². The predicted molar refractivity (Wildman–Crippen MR) is 88.2 cm³/mol. The van der Waals surface area contributed by atoms with Gasteiger partial charge in [0.05, 0.1) is 22.9 Å². The summed E-state index contributed by atoms with van der Waals surface area (Å²) >= 11 is 11.8. The molecule has 2 aromatic rings. The molecule has 2 rings (SSSR count). The number of carbonyl (C=O) groups is 1. The molecule has 0 aromatic heterocycles. The number of allylic oxidation sites excluding steroid dienone is 1. The van der Waals surface area contributed by atoms with Crippen LogP contribution in [0.3, 0.4) is 0 Å². The molecular formula is C16H11Cl2N2O2-. The molecule has 2 aromatic carbocycles. The van der Waals surface area contributed by atoms with Crippen molar-refractivity contribution < 1.29 is 9.90 Å². The Morgan fingerprint density at radius 1 is 1.18 bits per heavy atom. The van der Waals surface area contributed by atoms with Gasteiger partial charge >= 0.3 is 0 Å². The number of carboxylic acid groups (broad SMARTS) is 1. The molecule has 0 unspecified atom stereocenters. The van der Waals surface area contributed by atoms with Crippen LogP contribution < -0.4 is 10.5 Å². The fourth-order valence-corrected chi connectivity index (χ4v) is 2.03. The average Bonchev–Trinajstić information content (AvgIpc) is 2.49. The van der Waals surface area contributed by atoms with Gasteiger partial charge in [-0.3, -0.25) is 5.43 Å². The van der Waals surface area contributed by atoms with E-state index in [0.717, 1.165) is 5.56 Å². The lowest BCUT2D eigenvalue weighted by Crippen LogP contribution is -2.22. The summed E-state index contributed by atoms with van der Waals surface area (Å²) in [6.07, 6.45) is 3.17. The molecule has 0 saturated carbocycles. The number of aromatic carboxylic acids is 1. The highest BCUT2D eigenvalue weighted by atomic mass is 35.5. The van der Waals surface area contributed by atoms with Gasteiger partial charge in [-0.2, -0.15) is 5.10 Å². The van der Waals surface area contributed by atoms with E-state index in [2.05, 4.69) is 10.5 Å². The second kappa shape index (κ2) is 7.64. The topological polar surface area (TPSA) is 64.5 Å². The van der Waals surface area contributed by atoms with Gasteiger partial charge < -0.3 is 9.90 Å². The summed E-state index contributed by atoms with van der Waals surface area (Å²) in [5, 5.41) is 15.3. The first-order valence-electron chi connectivity index (χ1n) is 6.28. The number of halogens is 2. The summed E-state index contributed by atoms with van der Waals surface area (Å²) < 4.78 is 0. The quantitative estimate of drug-likeness (QED) is 0.673. The molecule has 0 aliphatic carbocycles. The highest BCUT2D eigenvalue weighted by Gasteiger charge is 2.02. The first-order valence-corrected chi connectivity index (χ1v) is 7.04. The predicted octanol–water partition coefficient (Wildman–Crippen LogP) is 3.38. The molecule has 0 aliphatic rings. The molecule has 0 fully saturated rings. The lowest BCUT2D eigenvalue weighted by atomic mass is 10.2. The van der Waals surface area contributed by atoms with Gasteiger partial charge in [-0.25, -0.2) is 0 Å². The number of benzene rings is 2. The largest absolute Gasteiger partial charge is 0.545 e. The summed E-state index contributed by atoms with van der Waals surface area (Å²) in [5.41, 5.74) is 3.99. The molecular weight excluding hydrogens is 323 g/mol. The van der Waals surface area contributed by atoms with E-state index >= 15 is 0 Å². The Morgan fingerprint density at radius 3 is 2.59 bits per heavy atom. The summed E-state index contributed by atoms with van der Waals surface area (Å²) in [6, 6.07) is 13.9. The Kier molecular flexibility index (Phi) is 5.58. The Morgan fingerprint density at radius 2 is 1.91 bits per heavy atom. The minimum Gasteiger partial charge on any atom is -0.545 e. The van der Waals surface area contributed by atoms with Gasteiger partial charge in [-0.15, -0.1) is 0 Å². The Bertz CT molecular complexity index is 728. The van der Waals surface area contributed by atoms with Crippen molar-refractivity contribution in [1.82, 2.24) is 0 Å². The minimum atomic E-state index is -1.35. The number of hydrogen-bond donors (Lipinski definition) is 1. The van der Waals surface area contributed by atoms with Gasteiger partial charge in [-0.1, -0.05) is 53.5 Å². The molecule has 22 heavy (non-hydrogen) atoms.